The number of hydrogen-bond acceptors (Lipinski definition) is 0. The molecule has 1 aliphatic carbocycles. The van der Waals surface area contributed by atoms with Crippen molar-refractivity contribution in [1.29, 1.82) is 0 Å². The molecule has 0 unspecified atom stereocenters. The van der Waals surface area contributed by atoms with E-state index in [9.17, 15) is 0 Å². The molecule has 0 fully saturated rings. The molecule has 1 aliphatic rings. The number of hydrogen-bond donors (Lipinski definition) is 0. The quantitative estimate of drug-likeness (QED) is 0.184. The van der Waals surface area contributed by atoms with Crippen molar-refractivity contribution in [3.63, 3.8) is 0 Å². The van der Waals surface area contributed by atoms with Gasteiger partial charge < -0.3 is 9.13 Å². The largest absolute Gasteiger partial charge is 0.309 e. The fraction of sp³-hybridized carbons (Fsp3) is 0.149. The highest BCUT2D eigenvalue weighted by molar-refractivity contribution is 6.36. The van der Waals surface area contributed by atoms with Crippen LogP contribution < -0.4 is 0 Å². The summed E-state index contributed by atoms with van der Waals surface area (Å²) in [4.78, 5) is 0. The van der Waals surface area contributed by atoms with E-state index in [1.54, 1.807) is 0 Å². The summed E-state index contributed by atoms with van der Waals surface area (Å²) < 4.78 is 4.98. The number of aromatic nitrogens is 2. The number of para-hydroxylation sites is 3. The lowest BCUT2D eigenvalue weighted by Crippen LogP contribution is -2.17. The number of benzene rings is 7. The van der Waals surface area contributed by atoms with Crippen molar-refractivity contribution in [2.24, 2.45) is 0 Å². The minimum Gasteiger partial charge on any atom is -0.309 e. The summed E-state index contributed by atoms with van der Waals surface area (Å²) in [5.41, 5.74) is 13.2. The Bertz CT molecular complexity index is 2770. The highest BCUT2D eigenvalue weighted by Gasteiger charge is 2.41. The van der Waals surface area contributed by atoms with Gasteiger partial charge in [0.05, 0.1) is 22.1 Å². The first kappa shape index (κ1) is 28.4. The van der Waals surface area contributed by atoms with Crippen LogP contribution in [-0.4, -0.2) is 9.13 Å². The van der Waals surface area contributed by atoms with Crippen molar-refractivity contribution in [2.75, 3.05) is 0 Å². The maximum absolute atomic E-state index is 2.51. The lowest BCUT2D eigenvalue weighted by molar-refractivity contribution is 0.403. The van der Waals surface area contributed by atoms with Gasteiger partial charge in [-0.15, -0.1) is 0 Å². The van der Waals surface area contributed by atoms with E-state index in [4.69, 9.17) is 0 Å². The monoisotopic (exact) mass is 630 g/mol. The molecule has 0 amide bonds. The summed E-state index contributed by atoms with van der Waals surface area (Å²) >= 11 is 0. The Balaban J connectivity index is 1.29. The minimum atomic E-state index is 0.171. The number of nitrogens with zero attached hydrogens (tertiary/aromatic N) is 2. The van der Waals surface area contributed by atoms with Crippen LogP contribution in [0.2, 0.25) is 0 Å². The molecule has 0 atom stereocenters. The molecule has 2 aromatic heterocycles. The average molecular weight is 631 g/mol. The molecule has 0 radical (unpaired) electrons. The summed E-state index contributed by atoms with van der Waals surface area (Å²) in [6, 6.07) is 54.1. The summed E-state index contributed by atoms with van der Waals surface area (Å²) in [5, 5.41) is 7.69. The van der Waals surface area contributed by atoms with Crippen molar-refractivity contribution in [2.45, 2.75) is 44.9 Å². The van der Waals surface area contributed by atoms with Gasteiger partial charge >= 0.3 is 0 Å². The topological polar surface area (TPSA) is 9.86 Å². The van der Waals surface area contributed by atoms with Crippen LogP contribution in [0.5, 0.6) is 0 Å². The molecule has 0 N–H and O–H groups in total. The lowest BCUT2D eigenvalue weighted by atomic mass is 9.82. The third kappa shape index (κ3) is 3.95. The maximum Gasteiger partial charge on any atom is 0.0647 e. The number of fused-ring (bicyclic) bond motifs is 11. The first-order valence-corrected chi connectivity index (χ1v) is 17.5. The van der Waals surface area contributed by atoms with E-state index in [-0.39, 0.29) is 10.8 Å². The van der Waals surface area contributed by atoms with Crippen LogP contribution in [0.15, 0.2) is 146 Å². The van der Waals surface area contributed by atoms with E-state index in [2.05, 4.69) is 182 Å². The van der Waals surface area contributed by atoms with Crippen LogP contribution in [0, 0.1) is 0 Å². The molecular weight excluding hydrogens is 593 g/mol. The Hall–Kier alpha value is -5.60. The van der Waals surface area contributed by atoms with Gasteiger partial charge in [0.25, 0.3) is 0 Å². The Morgan fingerprint density at radius 2 is 0.918 bits per heavy atom. The van der Waals surface area contributed by atoms with Gasteiger partial charge in [-0.05, 0) is 81.3 Å². The van der Waals surface area contributed by atoms with E-state index in [0.29, 0.717) is 0 Å². The summed E-state index contributed by atoms with van der Waals surface area (Å²) in [7, 11) is 0. The molecule has 2 nitrogen and oxygen atoms in total. The van der Waals surface area contributed by atoms with E-state index in [0.717, 1.165) is 0 Å². The third-order valence-electron chi connectivity index (χ3n) is 11.3. The second-order valence-corrected chi connectivity index (χ2v) is 15.3. The van der Waals surface area contributed by atoms with Crippen molar-refractivity contribution in [3.8, 4) is 22.5 Å². The van der Waals surface area contributed by atoms with Crippen molar-refractivity contribution < 1.29 is 0 Å². The molecule has 49 heavy (non-hydrogen) atoms. The highest BCUT2D eigenvalue weighted by Crippen LogP contribution is 2.51. The van der Waals surface area contributed by atoms with Crippen LogP contribution in [0.1, 0.15) is 45.2 Å². The van der Waals surface area contributed by atoms with E-state index in [1.807, 2.05) is 0 Å². The molecular formula is C47H38N2. The Morgan fingerprint density at radius 1 is 0.408 bits per heavy atom. The molecule has 2 heteroatoms. The van der Waals surface area contributed by atoms with Gasteiger partial charge in [0.2, 0.25) is 0 Å². The van der Waals surface area contributed by atoms with Crippen LogP contribution >= 0.6 is 0 Å². The van der Waals surface area contributed by atoms with Crippen LogP contribution in [-0.2, 0) is 10.8 Å². The summed E-state index contributed by atoms with van der Waals surface area (Å²) in [6.07, 6.45) is 1.18. The van der Waals surface area contributed by atoms with E-state index in [1.165, 1.54) is 94.4 Å². The Morgan fingerprint density at radius 3 is 1.61 bits per heavy atom. The molecule has 9 aromatic rings. The molecule has 7 aromatic carbocycles. The first-order chi connectivity index (χ1) is 23.8. The second kappa shape index (κ2) is 9.96. The van der Waals surface area contributed by atoms with Crippen LogP contribution in [0.25, 0.3) is 76.9 Å². The zero-order chi connectivity index (χ0) is 33.1. The average Bonchev–Trinajstić information content (AvgIpc) is 3.71. The predicted octanol–water partition coefficient (Wildman–Crippen LogP) is 12.7. The van der Waals surface area contributed by atoms with Gasteiger partial charge in [0.15, 0.2) is 0 Å². The fourth-order valence-electron chi connectivity index (χ4n) is 9.48. The van der Waals surface area contributed by atoms with Gasteiger partial charge in [-0.2, -0.15) is 0 Å². The first-order valence-electron chi connectivity index (χ1n) is 17.5. The fourth-order valence-corrected chi connectivity index (χ4v) is 9.48. The Kier molecular flexibility index (Phi) is 5.78. The normalized spacial score (nSPS) is 15.2. The van der Waals surface area contributed by atoms with Crippen LogP contribution in [0.3, 0.4) is 0 Å². The molecule has 0 spiro atoms. The standard InChI is InChI=1S/C47H38N2/c1-46(2)29-47(3,4)39-28-31(24-27-38(39)46)30-22-25-33(26-23-30)49-40-20-12-10-18-36(40)42-34-16-8-9-17-35(34)44-43(45(42)49)37-19-11-13-21-41(37)48(44)32-14-6-5-7-15-32/h5-28H,29H2,1-4H3. The number of rotatable bonds is 3. The van der Waals surface area contributed by atoms with Crippen LogP contribution in [0.4, 0.5) is 0 Å². The zero-order valence-electron chi connectivity index (χ0n) is 28.5. The van der Waals surface area contributed by atoms with Gasteiger partial charge in [0.1, 0.15) is 0 Å². The van der Waals surface area contributed by atoms with Gasteiger partial charge in [-0.1, -0.05) is 137 Å². The summed E-state index contributed by atoms with van der Waals surface area (Å²) in [6.45, 7) is 9.57. The van der Waals surface area contributed by atoms with Crippen molar-refractivity contribution >= 4 is 54.4 Å². The molecule has 0 saturated carbocycles. The molecule has 236 valence electrons. The SMILES string of the molecule is CC1(C)CC(C)(C)c2cc(-c3ccc(-n4c5ccccc5c5c6ccccc6c6c(c7ccccc7n6-c6ccccc6)c54)cc3)ccc21. The van der Waals surface area contributed by atoms with Gasteiger partial charge in [-0.3, -0.25) is 0 Å². The minimum absolute atomic E-state index is 0.171. The van der Waals surface area contributed by atoms with E-state index < -0.39 is 0 Å². The summed E-state index contributed by atoms with van der Waals surface area (Å²) in [5.74, 6) is 0. The predicted molar refractivity (Wildman–Crippen MR) is 209 cm³/mol. The zero-order valence-corrected chi connectivity index (χ0v) is 28.5. The van der Waals surface area contributed by atoms with Gasteiger partial charge in [-0.25, -0.2) is 0 Å². The molecule has 0 bridgehead atoms. The molecule has 0 saturated heterocycles. The smallest absolute Gasteiger partial charge is 0.0647 e. The van der Waals surface area contributed by atoms with Crippen molar-refractivity contribution in [1.82, 2.24) is 9.13 Å². The third-order valence-corrected chi connectivity index (χ3v) is 11.3. The Labute approximate surface area is 286 Å². The van der Waals surface area contributed by atoms with Crippen molar-refractivity contribution in [3.05, 3.63) is 157 Å². The highest BCUT2D eigenvalue weighted by atomic mass is 15.0. The maximum atomic E-state index is 2.51. The molecule has 10 rings (SSSR count). The molecule has 2 heterocycles. The lowest BCUT2D eigenvalue weighted by Gasteiger charge is -2.22. The second-order valence-electron chi connectivity index (χ2n) is 15.3. The molecule has 0 aliphatic heterocycles. The van der Waals surface area contributed by atoms with Gasteiger partial charge in [0, 0.05) is 38.3 Å². The van der Waals surface area contributed by atoms with E-state index >= 15 is 0 Å².